The Balaban J connectivity index is 2.05. The molecule has 2 aromatic carbocycles. The van der Waals surface area contributed by atoms with Crippen LogP contribution in [0.25, 0.3) is 27.7 Å². The molecular formula is C20H19N3O2. The number of benzene rings is 2. The zero-order valence-electron chi connectivity index (χ0n) is 14.4. The second kappa shape index (κ2) is 5.70. The highest BCUT2D eigenvalue weighted by molar-refractivity contribution is 5.98. The van der Waals surface area contributed by atoms with Gasteiger partial charge in [0, 0.05) is 17.1 Å². The van der Waals surface area contributed by atoms with Crippen molar-refractivity contribution in [1.82, 2.24) is 9.38 Å². The Hall–Kier alpha value is -3.21. The summed E-state index contributed by atoms with van der Waals surface area (Å²) in [6.07, 6.45) is 1.94. The van der Waals surface area contributed by atoms with E-state index in [0.717, 1.165) is 33.2 Å². The summed E-state index contributed by atoms with van der Waals surface area (Å²) in [4.78, 5) is 4.84. The molecule has 0 aliphatic rings. The van der Waals surface area contributed by atoms with Crippen LogP contribution in [0.15, 0.2) is 48.7 Å². The molecule has 5 nitrogen and oxygen atoms in total. The van der Waals surface area contributed by atoms with Gasteiger partial charge in [0.2, 0.25) is 0 Å². The molecule has 0 radical (unpaired) electrons. The van der Waals surface area contributed by atoms with E-state index in [0.29, 0.717) is 17.3 Å². The molecule has 4 rings (SSSR count). The molecule has 0 saturated carbocycles. The fourth-order valence-electron chi connectivity index (χ4n) is 3.20. The molecule has 25 heavy (non-hydrogen) atoms. The van der Waals surface area contributed by atoms with Gasteiger partial charge in [-0.15, -0.1) is 0 Å². The lowest BCUT2D eigenvalue weighted by molar-refractivity contribution is 0.356. The fraction of sp³-hybridized carbons (Fsp3) is 0.150. The molecule has 0 aliphatic carbocycles. The van der Waals surface area contributed by atoms with Crippen LogP contribution >= 0.6 is 0 Å². The number of rotatable bonds is 3. The van der Waals surface area contributed by atoms with E-state index in [4.69, 9.17) is 20.2 Å². The first kappa shape index (κ1) is 15.3. The third kappa shape index (κ3) is 2.28. The van der Waals surface area contributed by atoms with Gasteiger partial charge in [0.15, 0.2) is 11.5 Å². The van der Waals surface area contributed by atoms with Gasteiger partial charge in [-0.2, -0.15) is 0 Å². The number of anilines is 1. The summed E-state index contributed by atoms with van der Waals surface area (Å²) < 4.78 is 12.7. The number of imidazole rings is 1. The van der Waals surface area contributed by atoms with Gasteiger partial charge in [0.25, 0.3) is 0 Å². The van der Waals surface area contributed by atoms with Gasteiger partial charge in [0.05, 0.1) is 14.2 Å². The maximum atomic E-state index is 6.40. The summed E-state index contributed by atoms with van der Waals surface area (Å²) >= 11 is 0. The Bertz CT molecular complexity index is 1100. The molecule has 2 aromatic heterocycles. The maximum Gasteiger partial charge on any atom is 0.161 e. The van der Waals surface area contributed by atoms with Gasteiger partial charge in [-0.25, -0.2) is 4.98 Å². The second-order valence-electron chi connectivity index (χ2n) is 5.96. The third-order valence-electron chi connectivity index (χ3n) is 4.55. The minimum absolute atomic E-state index is 0.626. The predicted octanol–water partition coefficient (Wildman–Crippen LogP) is 4.06. The Morgan fingerprint density at radius 3 is 2.44 bits per heavy atom. The van der Waals surface area contributed by atoms with Crippen molar-refractivity contribution in [2.45, 2.75) is 6.92 Å². The van der Waals surface area contributed by atoms with Gasteiger partial charge in [-0.1, -0.05) is 24.3 Å². The summed E-state index contributed by atoms with van der Waals surface area (Å²) in [6, 6.07) is 14.0. The molecule has 5 heteroatoms. The topological polar surface area (TPSA) is 61.8 Å². The maximum absolute atomic E-state index is 6.40. The van der Waals surface area contributed by atoms with Crippen LogP contribution in [-0.4, -0.2) is 23.6 Å². The SMILES string of the molecule is COc1cc2ccn3c(N)c(-c4ccccc4C)nc3c2cc1OC. The first-order valence-electron chi connectivity index (χ1n) is 8.02. The number of hydrogen-bond acceptors (Lipinski definition) is 4. The third-order valence-corrected chi connectivity index (χ3v) is 4.55. The molecule has 0 unspecified atom stereocenters. The van der Waals surface area contributed by atoms with Gasteiger partial charge in [-0.05, 0) is 36.1 Å². The van der Waals surface area contributed by atoms with Crippen LogP contribution in [0.5, 0.6) is 11.5 Å². The van der Waals surface area contributed by atoms with Crippen molar-refractivity contribution in [3.05, 3.63) is 54.2 Å². The largest absolute Gasteiger partial charge is 0.493 e. The molecule has 126 valence electrons. The van der Waals surface area contributed by atoms with Crippen molar-refractivity contribution in [3.63, 3.8) is 0 Å². The number of ether oxygens (including phenoxy) is 2. The van der Waals surface area contributed by atoms with Gasteiger partial charge in [-0.3, -0.25) is 4.40 Å². The monoisotopic (exact) mass is 333 g/mol. The first-order chi connectivity index (χ1) is 12.1. The predicted molar refractivity (Wildman–Crippen MR) is 100 cm³/mol. The van der Waals surface area contributed by atoms with Crippen molar-refractivity contribution < 1.29 is 9.47 Å². The Kier molecular flexibility index (Phi) is 3.50. The second-order valence-corrected chi connectivity index (χ2v) is 5.96. The summed E-state index contributed by atoms with van der Waals surface area (Å²) in [5, 5.41) is 1.98. The smallest absolute Gasteiger partial charge is 0.161 e. The first-order valence-corrected chi connectivity index (χ1v) is 8.02. The lowest BCUT2D eigenvalue weighted by Gasteiger charge is -2.09. The van der Waals surface area contributed by atoms with Crippen molar-refractivity contribution in [1.29, 1.82) is 0 Å². The van der Waals surface area contributed by atoms with Crippen molar-refractivity contribution in [2.24, 2.45) is 0 Å². The quantitative estimate of drug-likeness (QED) is 0.614. The number of aryl methyl sites for hydroxylation is 1. The highest BCUT2D eigenvalue weighted by Gasteiger charge is 2.16. The minimum atomic E-state index is 0.626. The number of aromatic nitrogens is 2. The molecule has 0 saturated heterocycles. The van der Waals surface area contributed by atoms with E-state index in [1.54, 1.807) is 14.2 Å². The van der Waals surface area contributed by atoms with Crippen LogP contribution in [0.2, 0.25) is 0 Å². The molecule has 2 N–H and O–H groups in total. The number of hydrogen-bond donors (Lipinski definition) is 1. The van der Waals surface area contributed by atoms with Crippen LogP contribution in [0.4, 0.5) is 5.82 Å². The molecule has 0 fully saturated rings. The van der Waals surface area contributed by atoms with E-state index in [1.807, 2.05) is 47.0 Å². The van der Waals surface area contributed by atoms with Crippen LogP contribution in [0.3, 0.4) is 0 Å². The molecule has 0 aliphatic heterocycles. The molecule has 0 amide bonds. The minimum Gasteiger partial charge on any atom is -0.493 e. The number of nitrogens with zero attached hydrogens (tertiary/aromatic N) is 2. The van der Waals surface area contributed by atoms with E-state index < -0.39 is 0 Å². The fourth-order valence-corrected chi connectivity index (χ4v) is 3.20. The van der Waals surface area contributed by atoms with Gasteiger partial charge in [0.1, 0.15) is 17.2 Å². The summed E-state index contributed by atoms with van der Waals surface area (Å²) in [5.41, 5.74) is 10.2. The summed E-state index contributed by atoms with van der Waals surface area (Å²) in [6.45, 7) is 2.06. The Labute approximate surface area is 145 Å². The number of fused-ring (bicyclic) bond motifs is 3. The van der Waals surface area contributed by atoms with Crippen molar-refractivity contribution in [2.75, 3.05) is 20.0 Å². The zero-order valence-corrected chi connectivity index (χ0v) is 14.4. The standard InChI is InChI=1S/C20H19N3O2/c1-12-6-4-5-7-14(12)18-19(21)23-9-8-13-10-16(24-2)17(25-3)11-15(13)20(23)22-18/h4-11H,21H2,1-3H3. The van der Waals surface area contributed by atoms with E-state index in [2.05, 4.69) is 13.0 Å². The average Bonchev–Trinajstić information content (AvgIpc) is 2.98. The number of nitrogen functional groups attached to an aromatic ring is 1. The Morgan fingerprint density at radius 1 is 1.00 bits per heavy atom. The van der Waals surface area contributed by atoms with Crippen LogP contribution in [0.1, 0.15) is 5.56 Å². The van der Waals surface area contributed by atoms with E-state index in [1.165, 1.54) is 0 Å². The lowest BCUT2D eigenvalue weighted by Crippen LogP contribution is -1.95. The van der Waals surface area contributed by atoms with Gasteiger partial charge < -0.3 is 15.2 Å². The molecular weight excluding hydrogens is 314 g/mol. The highest BCUT2D eigenvalue weighted by atomic mass is 16.5. The van der Waals surface area contributed by atoms with E-state index >= 15 is 0 Å². The van der Waals surface area contributed by atoms with Gasteiger partial charge >= 0.3 is 0 Å². The van der Waals surface area contributed by atoms with Crippen molar-refractivity contribution >= 4 is 22.2 Å². The lowest BCUT2D eigenvalue weighted by atomic mass is 10.1. The van der Waals surface area contributed by atoms with Crippen LogP contribution < -0.4 is 15.2 Å². The molecule has 0 bridgehead atoms. The zero-order chi connectivity index (χ0) is 17.6. The molecule has 0 atom stereocenters. The Morgan fingerprint density at radius 2 is 1.72 bits per heavy atom. The normalized spacial score (nSPS) is 11.2. The van der Waals surface area contributed by atoms with Crippen LogP contribution in [0, 0.1) is 6.92 Å². The van der Waals surface area contributed by atoms with Crippen molar-refractivity contribution in [3.8, 4) is 22.8 Å². The highest BCUT2D eigenvalue weighted by Crippen LogP contribution is 2.36. The summed E-state index contributed by atoms with van der Waals surface area (Å²) in [5.74, 6) is 1.99. The number of methoxy groups -OCH3 is 2. The van der Waals surface area contributed by atoms with E-state index in [9.17, 15) is 0 Å². The van der Waals surface area contributed by atoms with E-state index in [-0.39, 0.29) is 0 Å². The molecule has 0 spiro atoms. The average molecular weight is 333 g/mol. The molecule has 2 heterocycles. The number of pyridine rings is 1. The van der Waals surface area contributed by atoms with Crippen LogP contribution in [-0.2, 0) is 0 Å². The summed E-state index contributed by atoms with van der Waals surface area (Å²) in [7, 11) is 3.26. The number of nitrogens with two attached hydrogens (primary N) is 1. The molecule has 4 aromatic rings.